The number of unbranched alkanes of at least 4 members (excludes halogenated alkanes) is 1. The van der Waals surface area contributed by atoms with Crippen LogP contribution in [0.25, 0.3) is 0 Å². The third-order valence-corrected chi connectivity index (χ3v) is 3.33. The highest BCUT2D eigenvalue weighted by atomic mass is 35.5. The maximum Gasteiger partial charge on any atom is 0.337 e. The van der Waals surface area contributed by atoms with Crippen molar-refractivity contribution in [2.75, 3.05) is 23.9 Å². The summed E-state index contributed by atoms with van der Waals surface area (Å²) < 4.78 is 0. The van der Waals surface area contributed by atoms with Crippen molar-refractivity contribution in [1.29, 1.82) is 0 Å². The van der Waals surface area contributed by atoms with Crippen LogP contribution in [0.4, 0.5) is 5.69 Å². The second-order valence-corrected chi connectivity index (χ2v) is 5.02. The number of rotatable bonds is 7. The molecule has 1 rings (SSSR count). The number of carbonyl (C=O) groups is 1. The van der Waals surface area contributed by atoms with Crippen LogP contribution in [0.5, 0.6) is 0 Å². The van der Waals surface area contributed by atoms with Crippen molar-refractivity contribution in [1.82, 2.24) is 0 Å². The minimum absolute atomic E-state index is 0.140. The highest BCUT2D eigenvalue weighted by Gasteiger charge is 2.08. The molecule has 1 aromatic rings. The van der Waals surface area contributed by atoms with Gasteiger partial charge in [-0.15, -0.1) is 0 Å². The fraction of sp³-hybridized carbons (Fsp3) is 0.417. The van der Waals surface area contributed by atoms with Crippen LogP contribution in [0, 0.1) is 0 Å². The van der Waals surface area contributed by atoms with E-state index in [4.69, 9.17) is 16.7 Å². The first-order valence-corrected chi connectivity index (χ1v) is 7.18. The van der Waals surface area contributed by atoms with Crippen LogP contribution in [0.2, 0.25) is 5.02 Å². The number of anilines is 1. The molecular formula is C12H16ClNO2S. The van der Waals surface area contributed by atoms with E-state index in [0.717, 1.165) is 30.8 Å². The van der Waals surface area contributed by atoms with E-state index in [1.165, 1.54) is 0 Å². The summed E-state index contributed by atoms with van der Waals surface area (Å²) in [5, 5.41) is 12.4. The Kier molecular flexibility index (Phi) is 6.22. The maximum atomic E-state index is 10.9. The molecule has 0 bridgehead atoms. The molecule has 0 aliphatic heterocycles. The Morgan fingerprint density at radius 3 is 2.88 bits per heavy atom. The van der Waals surface area contributed by atoms with Crippen LogP contribution in [0.3, 0.4) is 0 Å². The molecule has 0 saturated heterocycles. The van der Waals surface area contributed by atoms with Crippen molar-refractivity contribution < 1.29 is 9.90 Å². The van der Waals surface area contributed by atoms with Gasteiger partial charge in [0.2, 0.25) is 0 Å². The van der Waals surface area contributed by atoms with E-state index in [1.807, 2.05) is 11.8 Å². The summed E-state index contributed by atoms with van der Waals surface area (Å²) in [5.74, 6) is 0.156. The van der Waals surface area contributed by atoms with E-state index in [2.05, 4.69) is 11.6 Å². The van der Waals surface area contributed by atoms with E-state index in [0.29, 0.717) is 0 Å². The van der Waals surface area contributed by atoms with E-state index < -0.39 is 5.97 Å². The Morgan fingerprint density at radius 2 is 2.24 bits per heavy atom. The molecule has 94 valence electrons. The summed E-state index contributed by atoms with van der Waals surface area (Å²) in [7, 11) is 0. The predicted molar refractivity (Wildman–Crippen MR) is 74.5 cm³/mol. The highest BCUT2D eigenvalue weighted by Crippen LogP contribution is 2.20. The predicted octanol–water partition coefficient (Wildman–Crippen LogP) is 3.59. The molecule has 3 nitrogen and oxygen atoms in total. The molecule has 0 amide bonds. The summed E-state index contributed by atoms with van der Waals surface area (Å²) in [5.41, 5.74) is 0.941. The number of nitrogens with one attached hydrogen (secondary N) is 1. The summed E-state index contributed by atoms with van der Waals surface area (Å²) >= 11 is 7.62. The Labute approximate surface area is 111 Å². The quantitative estimate of drug-likeness (QED) is 0.746. The average molecular weight is 274 g/mol. The monoisotopic (exact) mass is 273 g/mol. The molecule has 0 radical (unpaired) electrons. The Balaban J connectivity index is 2.49. The van der Waals surface area contributed by atoms with Crippen molar-refractivity contribution in [3.63, 3.8) is 0 Å². The molecule has 2 N–H and O–H groups in total. The van der Waals surface area contributed by atoms with Crippen molar-refractivity contribution in [3.8, 4) is 0 Å². The van der Waals surface area contributed by atoms with Crippen LogP contribution < -0.4 is 5.32 Å². The van der Waals surface area contributed by atoms with Crippen molar-refractivity contribution in [2.45, 2.75) is 12.8 Å². The second-order valence-electron chi connectivity index (χ2n) is 3.63. The molecular weight excluding hydrogens is 258 g/mol. The van der Waals surface area contributed by atoms with Crippen LogP contribution in [-0.4, -0.2) is 29.6 Å². The molecule has 0 aliphatic carbocycles. The third-order valence-electron chi connectivity index (χ3n) is 2.30. The number of carboxylic acid groups (broad SMARTS) is 1. The lowest BCUT2D eigenvalue weighted by Crippen LogP contribution is -2.04. The zero-order valence-corrected chi connectivity index (χ0v) is 11.3. The normalized spacial score (nSPS) is 10.2. The van der Waals surface area contributed by atoms with Gasteiger partial charge in [-0.25, -0.2) is 4.79 Å². The van der Waals surface area contributed by atoms with E-state index in [-0.39, 0.29) is 10.6 Å². The first-order chi connectivity index (χ1) is 8.15. The minimum Gasteiger partial charge on any atom is -0.478 e. The van der Waals surface area contributed by atoms with Gasteiger partial charge in [0.1, 0.15) is 0 Å². The summed E-state index contributed by atoms with van der Waals surface area (Å²) in [4.78, 5) is 10.9. The van der Waals surface area contributed by atoms with Gasteiger partial charge in [0.15, 0.2) is 0 Å². The third kappa shape index (κ3) is 4.88. The number of hydrogen-bond acceptors (Lipinski definition) is 3. The lowest BCUT2D eigenvalue weighted by Gasteiger charge is -2.07. The topological polar surface area (TPSA) is 49.3 Å². The molecule has 0 saturated carbocycles. The Hall–Kier alpha value is -0.870. The number of carboxylic acids is 1. The molecule has 17 heavy (non-hydrogen) atoms. The number of benzene rings is 1. The number of thioether (sulfide) groups is 1. The molecule has 0 spiro atoms. The molecule has 0 fully saturated rings. The van der Waals surface area contributed by atoms with Gasteiger partial charge in [-0.2, -0.15) is 11.8 Å². The summed E-state index contributed by atoms with van der Waals surface area (Å²) in [6.45, 7) is 0.848. The van der Waals surface area contributed by atoms with E-state index in [9.17, 15) is 4.79 Å². The Bertz CT molecular complexity index is 385. The Morgan fingerprint density at radius 1 is 1.47 bits per heavy atom. The van der Waals surface area contributed by atoms with Crippen LogP contribution >= 0.6 is 23.4 Å². The fourth-order valence-electron chi connectivity index (χ4n) is 1.40. The van der Waals surface area contributed by atoms with Gasteiger partial charge in [0.25, 0.3) is 0 Å². The van der Waals surface area contributed by atoms with Gasteiger partial charge in [-0.3, -0.25) is 0 Å². The molecule has 1 aromatic carbocycles. The molecule has 0 atom stereocenters. The van der Waals surface area contributed by atoms with Crippen LogP contribution in [0.15, 0.2) is 18.2 Å². The number of halogens is 1. The first-order valence-electron chi connectivity index (χ1n) is 5.41. The number of aromatic carboxylic acids is 1. The molecule has 0 aliphatic rings. The van der Waals surface area contributed by atoms with E-state index in [1.54, 1.807) is 18.2 Å². The van der Waals surface area contributed by atoms with Gasteiger partial charge < -0.3 is 10.4 Å². The van der Waals surface area contributed by atoms with Gasteiger partial charge in [0.05, 0.1) is 10.6 Å². The average Bonchev–Trinajstić information content (AvgIpc) is 2.30. The van der Waals surface area contributed by atoms with Crippen molar-refractivity contribution in [2.24, 2.45) is 0 Å². The first kappa shape index (κ1) is 14.2. The van der Waals surface area contributed by atoms with Gasteiger partial charge in [-0.1, -0.05) is 11.6 Å². The smallest absolute Gasteiger partial charge is 0.337 e. The lowest BCUT2D eigenvalue weighted by molar-refractivity contribution is 0.0697. The van der Waals surface area contributed by atoms with E-state index >= 15 is 0 Å². The standard InChI is InChI=1S/C12H16ClNO2S/c1-17-7-3-2-6-14-9-4-5-11(13)10(8-9)12(15)16/h4-5,8,14H,2-3,6-7H2,1H3,(H,15,16). The summed E-state index contributed by atoms with van der Waals surface area (Å²) in [6.07, 6.45) is 4.32. The van der Waals surface area contributed by atoms with Crippen LogP contribution in [-0.2, 0) is 0 Å². The minimum atomic E-state index is -0.999. The van der Waals surface area contributed by atoms with Crippen LogP contribution in [0.1, 0.15) is 23.2 Å². The van der Waals surface area contributed by atoms with Gasteiger partial charge >= 0.3 is 5.97 Å². The maximum absolute atomic E-state index is 10.9. The largest absolute Gasteiger partial charge is 0.478 e. The summed E-state index contributed by atoms with van der Waals surface area (Å²) in [6, 6.07) is 4.97. The van der Waals surface area contributed by atoms with Gasteiger partial charge in [-0.05, 0) is 43.0 Å². The zero-order chi connectivity index (χ0) is 12.7. The van der Waals surface area contributed by atoms with Crippen molar-refractivity contribution in [3.05, 3.63) is 28.8 Å². The fourth-order valence-corrected chi connectivity index (χ4v) is 2.09. The number of hydrogen-bond donors (Lipinski definition) is 2. The van der Waals surface area contributed by atoms with Gasteiger partial charge in [0, 0.05) is 12.2 Å². The molecule has 0 aromatic heterocycles. The zero-order valence-electron chi connectivity index (χ0n) is 9.70. The van der Waals surface area contributed by atoms with Crippen molar-refractivity contribution >= 4 is 35.0 Å². The molecule has 0 heterocycles. The second kappa shape index (κ2) is 7.45. The lowest BCUT2D eigenvalue weighted by atomic mass is 10.2. The molecule has 0 unspecified atom stereocenters. The highest BCUT2D eigenvalue weighted by molar-refractivity contribution is 7.98. The molecule has 5 heteroatoms. The SMILES string of the molecule is CSCCCCNc1ccc(Cl)c(C(=O)O)c1.